The van der Waals surface area contributed by atoms with Crippen molar-refractivity contribution in [1.82, 2.24) is 0 Å². The first kappa shape index (κ1) is 24.9. The Kier molecular flexibility index (Phi) is 7.49. The Morgan fingerprint density at radius 1 is 1.27 bits per heavy atom. The summed E-state index contributed by atoms with van der Waals surface area (Å²) < 4.78 is 6.05. The smallest absolute Gasteiger partial charge is 0.333 e. The van der Waals surface area contributed by atoms with Gasteiger partial charge in [0.2, 0.25) is 0 Å². The molecule has 0 saturated heterocycles. The summed E-state index contributed by atoms with van der Waals surface area (Å²) in [6, 6.07) is 0. The van der Waals surface area contributed by atoms with Crippen LogP contribution in [0.1, 0.15) is 93.4 Å². The zero-order chi connectivity index (χ0) is 22.9. The van der Waals surface area contributed by atoms with Gasteiger partial charge < -0.3 is 14.9 Å². The number of ether oxygens (including phenoxy) is 1. The number of aliphatic carboxylic acids is 1. The van der Waals surface area contributed by atoms with Crippen molar-refractivity contribution in [2.75, 3.05) is 0 Å². The Balaban J connectivity index is 2.37. The number of carbonyl (C=O) groups excluding carboxylic acids is 1. The van der Waals surface area contributed by atoms with Crippen LogP contribution >= 0.6 is 0 Å². The molecule has 0 aliphatic heterocycles. The highest BCUT2D eigenvalue weighted by atomic mass is 16.5. The standard InChI is InChI=1S/C25H42O5/c1-8-17(3)22(28)30-20-15-18(4)23(5,13-11-16(2)14-21(26)27)19-10-9-12-24(6,29)25(19,20)7/h8,16,18-20,29H,9-15H2,1-7H3,(H,26,27). The molecule has 0 aromatic carbocycles. The van der Waals surface area contributed by atoms with Crippen LogP contribution in [0.4, 0.5) is 0 Å². The van der Waals surface area contributed by atoms with E-state index in [4.69, 9.17) is 9.84 Å². The van der Waals surface area contributed by atoms with Gasteiger partial charge in [0, 0.05) is 17.4 Å². The Labute approximate surface area is 182 Å². The first-order valence-electron chi connectivity index (χ1n) is 11.6. The fraction of sp³-hybridized carbons (Fsp3) is 0.840. The minimum absolute atomic E-state index is 0.0372. The lowest BCUT2D eigenvalue weighted by molar-refractivity contribution is -0.247. The van der Waals surface area contributed by atoms with Gasteiger partial charge in [0.05, 0.1) is 5.60 Å². The molecule has 0 spiro atoms. The van der Waals surface area contributed by atoms with E-state index in [2.05, 4.69) is 20.8 Å². The maximum absolute atomic E-state index is 12.6. The molecular formula is C25H42O5. The lowest BCUT2D eigenvalue weighted by atomic mass is 9.42. The van der Waals surface area contributed by atoms with E-state index in [1.807, 2.05) is 20.8 Å². The van der Waals surface area contributed by atoms with E-state index in [0.29, 0.717) is 17.9 Å². The molecule has 0 bridgehead atoms. The predicted molar refractivity (Wildman–Crippen MR) is 118 cm³/mol. The average Bonchev–Trinajstić information content (AvgIpc) is 2.65. The molecular weight excluding hydrogens is 380 g/mol. The molecule has 0 heterocycles. The minimum Gasteiger partial charge on any atom is -0.481 e. The van der Waals surface area contributed by atoms with Crippen molar-refractivity contribution < 1.29 is 24.5 Å². The maximum Gasteiger partial charge on any atom is 0.333 e. The van der Waals surface area contributed by atoms with Crippen molar-refractivity contribution in [3.63, 3.8) is 0 Å². The molecule has 0 aromatic heterocycles. The van der Waals surface area contributed by atoms with Crippen LogP contribution in [-0.2, 0) is 14.3 Å². The van der Waals surface area contributed by atoms with Crippen molar-refractivity contribution in [3.05, 3.63) is 11.6 Å². The second-order valence-electron chi connectivity index (χ2n) is 10.8. The van der Waals surface area contributed by atoms with Crippen molar-refractivity contribution in [2.24, 2.45) is 28.6 Å². The van der Waals surface area contributed by atoms with Crippen LogP contribution in [0.5, 0.6) is 0 Å². The van der Waals surface area contributed by atoms with Crippen LogP contribution < -0.4 is 0 Å². The van der Waals surface area contributed by atoms with Crippen LogP contribution in [0, 0.1) is 28.6 Å². The molecule has 0 aromatic rings. The highest BCUT2D eigenvalue weighted by molar-refractivity contribution is 5.87. The van der Waals surface area contributed by atoms with Crippen molar-refractivity contribution >= 4 is 11.9 Å². The monoisotopic (exact) mass is 422 g/mol. The van der Waals surface area contributed by atoms with Gasteiger partial charge in [0.15, 0.2) is 0 Å². The lowest BCUT2D eigenvalue weighted by Gasteiger charge is -2.65. The fourth-order valence-electron chi connectivity index (χ4n) is 6.25. The number of rotatable bonds is 7. The number of carboxylic acid groups (broad SMARTS) is 1. The van der Waals surface area contributed by atoms with Crippen molar-refractivity contribution in [3.8, 4) is 0 Å². The van der Waals surface area contributed by atoms with Gasteiger partial charge in [-0.15, -0.1) is 0 Å². The van der Waals surface area contributed by atoms with E-state index in [1.165, 1.54) is 0 Å². The highest BCUT2D eigenvalue weighted by Gasteiger charge is 2.65. The number of hydrogen-bond acceptors (Lipinski definition) is 4. The van der Waals surface area contributed by atoms with Gasteiger partial charge in [-0.3, -0.25) is 4.79 Å². The second-order valence-corrected chi connectivity index (χ2v) is 10.8. The van der Waals surface area contributed by atoms with Gasteiger partial charge in [-0.1, -0.05) is 40.2 Å². The molecule has 0 amide bonds. The molecule has 7 unspecified atom stereocenters. The van der Waals surface area contributed by atoms with E-state index in [-0.39, 0.29) is 35.7 Å². The number of hydrogen-bond donors (Lipinski definition) is 2. The first-order chi connectivity index (χ1) is 13.8. The molecule has 2 N–H and O–H groups in total. The number of carbonyl (C=O) groups is 2. The van der Waals surface area contributed by atoms with Crippen LogP contribution in [0.15, 0.2) is 11.6 Å². The van der Waals surface area contributed by atoms with Gasteiger partial charge in [-0.25, -0.2) is 4.79 Å². The van der Waals surface area contributed by atoms with E-state index >= 15 is 0 Å². The fourth-order valence-corrected chi connectivity index (χ4v) is 6.25. The zero-order valence-corrected chi connectivity index (χ0v) is 20.0. The quantitative estimate of drug-likeness (QED) is 0.426. The normalized spacial score (nSPS) is 40.4. The predicted octanol–water partition coefficient (Wildman–Crippen LogP) is 5.36. The third-order valence-electron chi connectivity index (χ3n) is 8.90. The van der Waals surface area contributed by atoms with Crippen LogP contribution in [0.3, 0.4) is 0 Å². The van der Waals surface area contributed by atoms with E-state index in [1.54, 1.807) is 13.0 Å². The molecule has 5 heteroatoms. The third kappa shape index (κ3) is 4.46. The molecule has 2 saturated carbocycles. The summed E-state index contributed by atoms with van der Waals surface area (Å²) in [6.07, 6.45) is 6.77. The first-order valence-corrected chi connectivity index (χ1v) is 11.6. The Hall–Kier alpha value is -1.36. The van der Waals surface area contributed by atoms with Gasteiger partial charge in [-0.2, -0.15) is 0 Å². The maximum atomic E-state index is 12.6. The van der Waals surface area contributed by atoms with Gasteiger partial charge in [0.25, 0.3) is 0 Å². The molecule has 2 fully saturated rings. The Bertz CT molecular complexity index is 681. The van der Waals surface area contributed by atoms with E-state index in [0.717, 1.165) is 32.1 Å². The molecule has 30 heavy (non-hydrogen) atoms. The molecule has 2 aliphatic rings. The number of allylic oxidation sites excluding steroid dienone is 1. The highest BCUT2D eigenvalue weighted by Crippen LogP contribution is 2.65. The molecule has 0 radical (unpaired) electrons. The topological polar surface area (TPSA) is 83.8 Å². The molecule has 7 atom stereocenters. The molecule has 2 rings (SSSR count). The van der Waals surface area contributed by atoms with E-state index < -0.39 is 17.0 Å². The summed E-state index contributed by atoms with van der Waals surface area (Å²) in [7, 11) is 0. The van der Waals surface area contributed by atoms with Gasteiger partial charge in [-0.05, 0) is 76.0 Å². The SMILES string of the molecule is CC=C(C)C(=O)OC1CC(C)C(C)(CCC(C)CC(=O)O)C2CCCC(C)(O)C12C. The van der Waals surface area contributed by atoms with Crippen LogP contribution in [-0.4, -0.2) is 33.9 Å². The van der Waals surface area contributed by atoms with Gasteiger partial charge in [0.1, 0.15) is 6.10 Å². The second kappa shape index (κ2) is 9.02. The van der Waals surface area contributed by atoms with E-state index in [9.17, 15) is 14.7 Å². The lowest BCUT2D eigenvalue weighted by Crippen LogP contribution is -2.66. The molecule has 172 valence electrons. The van der Waals surface area contributed by atoms with Crippen LogP contribution in [0.25, 0.3) is 0 Å². The Morgan fingerprint density at radius 2 is 1.90 bits per heavy atom. The summed E-state index contributed by atoms with van der Waals surface area (Å²) in [4.78, 5) is 23.7. The largest absolute Gasteiger partial charge is 0.481 e. The minimum atomic E-state index is -0.918. The number of carboxylic acids is 1. The summed E-state index contributed by atoms with van der Waals surface area (Å²) in [5, 5.41) is 20.7. The average molecular weight is 423 g/mol. The summed E-state index contributed by atoms with van der Waals surface area (Å²) in [5.41, 5.74) is -0.899. The Morgan fingerprint density at radius 3 is 2.47 bits per heavy atom. The molecule has 5 nitrogen and oxygen atoms in total. The van der Waals surface area contributed by atoms with Gasteiger partial charge >= 0.3 is 11.9 Å². The van der Waals surface area contributed by atoms with Crippen molar-refractivity contribution in [1.29, 1.82) is 0 Å². The summed E-state index contributed by atoms with van der Waals surface area (Å²) in [6.45, 7) is 14.2. The third-order valence-corrected chi connectivity index (χ3v) is 8.90. The summed E-state index contributed by atoms with van der Waals surface area (Å²) >= 11 is 0. The van der Waals surface area contributed by atoms with Crippen LogP contribution in [0.2, 0.25) is 0 Å². The number of esters is 1. The molecule has 2 aliphatic carbocycles. The zero-order valence-electron chi connectivity index (χ0n) is 20.0. The van der Waals surface area contributed by atoms with Crippen molar-refractivity contribution in [2.45, 2.75) is 105 Å². The summed E-state index contributed by atoms with van der Waals surface area (Å²) in [5.74, 6) is -0.408. The number of aliphatic hydroxyl groups is 1. The number of fused-ring (bicyclic) bond motifs is 1.